The van der Waals surface area contributed by atoms with E-state index in [2.05, 4.69) is 10.3 Å². The summed E-state index contributed by atoms with van der Waals surface area (Å²) in [5.74, 6) is 1.38. The van der Waals surface area contributed by atoms with Gasteiger partial charge in [-0.05, 0) is 55.6 Å². The van der Waals surface area contributed by atoms with E-state index in [0.717, 1.165) is 44.7 Å². The quantitative estimate of drug-likeness (QED) is 0.856. The van der Waals surface area contributed by atoms with Crippen LogP contribution in [0, 0.1) is 5.92 Å². The van der Waals surface area contributed by atoms with Crippen molar-refractivity contribution in [1.29, 1.82) is 0 Å². The van der Waals surface area contributed by atoms with Gasteiger partial charge in [0.25, 0.3) is 5.91 Å². The van der Waals surface area contributed by atoms with Crippen LogP contribution in [-0.4, -0.2) is 30.6 Å². The number of aromatic amines is 1. The molecule has 0 aromatic carbocycles. The van der Waals surface area contributed by atoms with E-state index >= 15 is 0 Å². The number of aromatic nitrogens is 1. The lowest BCUT2D eigenvalue weighted by molar-refractivity contribution is 0.0636. The Bertz CT molecular complexity index is 431. The fraction of sp³-hybridized carbons (Fsp3) is 0.667. The Morgan fingerprint density at radius 1 is 1.32 bits per heavy atom. The lowest BCUT2D eigenvalue weighted by Gasteiger charge is -2.21. The summed E-state index contributed by atoms with van der Waals surface area (Å²) in [6, 6.07) is 2.05. The predicted molar refractivity (Wildman–Crippen MR) is 73.3 cm³/mol. The molecule has 1 aromatic rings. The highest BCUT2D eigenvalue weighted by atomic mass is 16.5. The van der Waals surface area contributed by atoms with Crippen LogP contribution < -0.4 is 5.32 Å². The van der Waals surface area contributed by atoms with Gasteiger partial charge in [0.1, 0.15) is 5.69 Å². The molecule has 1 aliphatic heterocycles. The number of ether oxygens (including phenoxy) is 1. The molecular weight excluding hydrogens is 240 g/mol. The first-order valence-corrected chi connectivity index (χ1v) is 7.38. The first-order valence-electron chi connectivity index (χ1n) is 7.38. The molecule has 0 radical (unpaired) electrons. The fourth-order valence-electron chi connectivity index (χ4n) is 2.83. The van der Waals surface area contributed by atoms with Crippen LogP contribution in [-0.2, 0) is 4.74 Å². The summed E-state index contributed by atoms with van der Waals surface area (Å²) in [4.78, 5) is 15.2. The van der Waals surface area contributed by atoms with Gasteiger partial charge in [-0.3, -0.25) is 4.79 Å². The van der Waals surface area contributed by atoms with Gasteiger partial charge in [-0.2, -0.15) is 0 Å². The maximum Gasteiger partial charge on any atom is 0.267 e. The number of carbonyl (C=O) groups is 1. The molecular formula is C15H22N2O2. The number of H-pyrrole nitrogens is 1. The van der Waals surface area contributed by atoms with Gasteiger partial charge in [0.05, 0.1) is 0 Å². The van der Waals surface area contributed by atoms with Crippen molar-refractivity contribution in [3.8, 4) is 0 Å². The molecule has 4 nitrogen and oxygen atoms in total. The molecule has 2 fully saturated rings. The minimum Gasteiger partial charge on any atom is -0.381 e. The Morgan fingerprint density at radius 2 is 2.11 bits per heavy atom. The lowest BCUT2D eigenvalue weighted by atomic mass is 9.97. The standard InChI is InChI=1S/C15H22N2O2/c18-15(14-13(4-8-16-14)12-1-2-12)17-7-3-11-5-9-19-10-6-11/h4,8,11-12,16H,1-3,5-7,9-10H2,(H,17,18). The van der Waals surface area contributed by atoms with Crippen LogP contribution in [0.3, 0.4) is 0 Å². The third kappa shape index (κ3) is 3.18. The van der Waals surface area contributed by atoms with Crippen LogP contribution in [0.15, 0.2) is 12.3 Å². The Labute approximate surface area is 113 Å². The van der Waals surface area contributed by atoms with Crippen molar-refractivity contribution in [2.45, 2.75) is 38.0 Å². The monoisotopic (exact) mass is 262 g/mol. The summed E-state index contributed by atoms with van der Waals surface area (Å²) in [5, 5.41) is 3.04. The second-order valence-corrected chi connectivity index (χ2v) is 5.68. The first-order chi connectivity index (χ1) is 9.34. The summed E-state index contributed by atoms with van der Waals surface area (Å²) in [5.41, 5.74) is 1.97. The highest BCUT2D eigenvalue weighted by molar-refractivity contribution is 5.94. The van der Waals surface area contributed by atoms with Gasteiger partial charge < -0.3 is 15.0 Å². The average molecular weight is 262 g/mol. The minimum atomic E-state index is 0.0546. The molecule has 3 rings (SSSR count). The van der Waals surface area contributed by atoms with Crippen molar-refractivity contribution < 1.29 is 9.53 Å². The van der Waals surface area contributed by atoms with E-state index in [1.165, 1.54) is 18.4 Å². The third-order valence-corrected chi connectivity index (χ3v) is 4.20. The summed E-state index contributed by atoms with van der Waals surface area (Å²) in [7, 11) is 0. The van der Waals surface area contributed by atoms with E-state index < -0.39 is 0 Å². The zero-order valence-corrected chi connectivity index (χ0v) is 11.3. The van der Waals surface area contributed by atoms with Crippen LogP contribution in [0.4, 0.5) is 0 Å². The molecule has 1 aliphatic carbocycles. The average Bonchev–Trinajstić information content (AvgIpc) is 3.17. The van der Waals surface area contributed by atoms with Crippen LogP contribution >= 0.6 is 0 Å². The van der Waals surface area contributed by atoms with Crippen molar-refractivity contribution in [1.82, 2.24) is 10.3 Å². The Morgan fingerprint density at radius 3 is 2.84 bits per heavy atom. The van der Waals surface area contributed by atoms with Gasteiger partial charge in [-0.15, -0.1) is 0 Å². The van der Waals surface area contributed by atoms with E-state index in [0.29, 0.717) is 11.8 Å². The fourth-order valence-corrected chi connectivity index (χ4v) is 2.83. The molecule has 0 bridgehead atoms. The molecule has 2 heterocycles. The molecule has 1 aromatic heterocycles. The zero-order valence-electron chi connectivity index (χ0n) is 11.3. The molecule has 1 saturated carbocycles. The molecule has 19 heavy (non-hydrogen) atoms. The second-order valence-electron chi connectivity index (χ2n) is 5.68. The van der Waals surface area contributed by atoms with Crippen molar-refractivity contribution in [2.75, 3.05) is 19.8 Å². The third-order valence-electron chi connectivity index (χ3n) is 4.20. The smallest absolute Gasteiger partial charge is 0.267 e. The Balaban J connectivity index is 1.46. The first kappa shape index (κ1) is 12.7. The number of hydrogen-bond donors (Lipinski definition) is 2. The van der Waals surface area contributed by atoms with Crippen molar-refractivity contribution in [3.05, 3.63) is 23.5 Å². The molecule has 4 heteroatoms. The Kier molecular flexibility index (Phi) is 3.87. The number of rotatable bonds is 5. The van der Waals surface area contributed by atoms with Crippen molar-refractivity contribution in [2.24, 2.45) is 5.92 Å². The van der Waals surface area contributed by atoms with Crippen LogP contribution in [0.5, 0.6) is 0 Å². The molecule has 2 aliphatic rings. The van der Waals surface area contributed by atoms with Crippen LogP contribution in [0.2, 0.25) is 0 Å². The largest absolute Gasteiger partial charge is 0.381 e. The van der Waals surface area contributed by atoms with Gasteiger partial charge in [-0.25, -0.2) is 0 Å². The predicted octanol–water partition coefficient (Wildman–Crippen LogP) is 2.44. The number of amides is 1. The number of nitrogens with one attached hydrogen (secondary N) is 2. The molecule has 0 spiro atoms. The van der Waals surface area contributed by atoms with Crippen LogP contribution in [0.1, 0.15) is 54.1 Å². The number of hydrogen-bond acceptors (Lipinski definition) is 2. The molecule has 0 atom stereocenters. The van der Waals surface area contributed by atoms with Gasteiger partial charge in [0.15, 0.2) is 0 Å². The van der Waals surface area contributed by atoms with Crippen molar-refractivity contribution in [3.63, 3.8) is 0 Å². The molecule has 1 saturated heterocycles. The summed E-state index contributed by atoms with van der Waals surface area (Å²) < 4.78 is 5.34. The maximum atomic E-state index is 12.1. The van der Waals surface area contributed by atoms with Crippen molar-refractivity contribution >= 4 is 5.91 Å². The van der Waals surface area contributed by atoms with E-state index in [-0.39, 0.29) is 5.91 Å². The highest BCUT2D eigenvalue weighted by Gasteiger charge is 2.28. The van der Waals surface area contributed by atoms with E-state index in [1.807, 2.05) is 12.3 Å². The van der Waals surface area contributed by atoms with E-state index in [9.17, 15) is 4.79 Å². The topological polar surface area (TPSA) is 54.1 Å². The summed E-state index contributed by atoms with van der Waals surface area (Å²) in [6.07, 6.45) is 7.65. The normalized spacial score (nSPS) is 20.4. The summed E-state index contributed by atoms with van der Waals surface area (Å²) >= 11 is 0. The van der Waals surface area contributed by atoms with E-state index in [4.69, 9.17) is 4.74 Å². The minimum absolute atomic E-state index is 0.0546. The maximum absolute atomic E-state index is 12.1. The Hall–Kier alpha value is -1.29. The highest BCUT2D eigenvalue weighted by Crippen LogP contribution is 2.41. The van der Waals surface area contributed by atoms with Gasteiger partial charge in [0, 0.05) is 26.0 Å². The van der Waals surface area contributed by atoms with Gasteiger partial charge in [0.2, 0.25) is 0 Å². The molecule has 1 amide bonds. The van der Waals surface area contributed by atoms with Gasteiger partial charge in [-0.1, -0.05) is 0 Å². The number of carbonyl (C=O) groups excluding carboxylic acids is 1. The van der Waals surface area contributed by atoms with Gasteiger partial charge >= 0.3 is 0 Å². The van der Waals surface area contributed by atoms with E-state index in [1.54, 1.807) is 0 Å². The zero-order chi connectivity index (χ0) is 13.1. The molecule has 2 N–H and O–H groups in total. The van der Waals surface area contributed by atoms with Crippen LogP contribution in [0.25, 0.3) is 0 Å². The molecule has 0 unspecified atom stereocenters. The summed E-state index contributed by atoms with van der Waals surface area (Å²) in [6.45, 7) is 2.52. The molecule has 104 valence electrons. The lowest BCUT2D eigenvalue weighted by Crippen LogP contribution is -2.28. The SMILES string of the molecule is O=C(NCCC1CCOCC1)c1[nH]ccc1C1CC1. The second kappa shape index (κ2) is 5.78.